The second-order valence-electron chi connectivity index (χ2n) is 10.6. The zero-order valence-corrected chi connectivity index (χ0v) is 19.5. The monoisotopic (exact) mass is 381 g/mol. The largest absolute Gasteiger partial charge is 0.410 e. The van der Waals surface area contributed by atoms with E-state index in [9.17, 15) is 0 Å². The van der Waals surface area contributed by atoms with Gasteiger partial charge in [-0.15, -0.1) is 0 Å². The van der Waals surface area contributed by atoms with Gasteiger partial charge < -0.3 is 4.98 Å². The van der Waals surface area contributed by atoms with E-state index in [0.29, 0.717) is 0 Å². The van der Waals surface area contributed by atoms with Gasteiger partial charge in [-0.1, -0.05) is 83.1 Å². The van der Waals surface area contributed by atoms with Crippen LogP contribution < -0.4 is 4.98 Å². The second-order valence-corrected chi connectivity index (χ2v) is 15.0. The standard InChI is InChI=1S/C25H39NSi/c1-8-19-13-20-15-22(25(3,4)5)16-21(23(20)14-19)17-27(6,7)26-24-12-10-9-11-18(24)2/h9-12,15-16,19-20,23,26H,8,13-14,17H2,1-7H3/t19-,20?,23?/m0/s1. The van der Waals surface area contributed by atoms with E-state index in [1.54, 1.807) is 11.1 Å². The van der Waals surface area contributed by atoms with Gasteiger partial charge in [0.15, 0.2) is 8.24 Å². The summed E-state index contributed by atoms with van der Waals surface area (Å²) in [5.74, 6) is 2.46. The van der Waals surface area contributed by atoms with Crippen LogP contribution in [-0.2, 0) is 0 Å². The van der Waals surface area contributed by atoms with Crippen LogP contribution in [0.1, 0.15) is 52.5 Å². The number of allylic oxidation sites excluding steroid dienone is 4. The quantitative estimate of drug-likeness (QED) is 0.518. The number of hydrogen-bond acceptors (Lipinski definition) is 1. The van der Waals surface area contributed by atoms with E-state index in [2.05, 4.69) is 89.1 Å². The Kier molecular flexibility index (Phi) is 5.77. The van der Waals surface area contributed by atoms with Gasteiger partial charge in [0.2, 0.25) is 0 Å². The molecule has 1 fully saturated rings. The lowest BCUT2D eigenvalue weighted by atomic mass is 9.75. The van der Waals surface area contributed by atoms with Crippen LogP contribution in [0.3, 0.4) is 0 Å². The minimum absolute atomic E-state index is 0.246. The Labute approximate surface area is 168 Å². The van der Waals surface area contributed by atoms with Gasteiger partial charge in [0.25, 0.3) is 0 Å². The Morgan fingerprint density at radius 1 is 1.11 bits per heavy atom. The molecule has 1 aromatic rings. The topological polar surface area (TPSA) is 12.0 Å². The molecule has 2 aliphatic carbocycles. The first-order chi connectivity index (χ1) is 12.6. The van der Waals surface area contributed by atoms with Crippen molar-refractivity contribution < 1.29 is 0 Å². The molecule has 1 saturated carbocycles. The molecule has 2 unspecified atom stereocenters. The second kappa shape index (κ2) is 7.62. The molecular weight excluding hydrogens is 342 g/mol. The van der Waals surface area contributed by atoms with Crippen molar-refractivity contribution in [3.05, 3.63) is 53.1 Å². The predicted molar refractivity (Wildman–Crippen MR) is 123 cm³/mol. The van der Waals surface area contributed by atoms with Gasteiger partial charge in [0, 0.05) is 5.69 Å². The molecule has 3 rings (SSSR count). The third-order valence-corrected chi connectivity index (χ3v) is 8.87. The van der Waals surface area contributed by atoms with Crippen molar-refractivity contribution in [2.24, 2.45) is 23.2 Å². The normalized spacial score (nSPS) is 25.7. The molecule has 2 heteroatoms. The van der Waals surface area contributed by atoms with E-state index in [0.717, 1.165) is 17.8 Å². The molecule has 0 aliphatic heterocycles. The molecule has 1 N–H and O–H groups in total. The average Bonchev–Trinajstić information content (AvgIpc) is 2.99. The first kappa shape index (κ1) is 20.5. The molecule has 148 valence electrons. The summed E-state index contributed by atoms with van der Waals surface area (Å²) >= 11 is 0. The average molecular weight is 382 g/mol. The molecule has 3 atom stereocenters. The van der Waals surface area contributed by atoms with Crippen LogP contribution >= 0.6 is 0 Å². The maximum atomic E-state index is 3.97. The number of nitrogens with one attached hydrogen (secondary N) is 1. The number of benzene rings is 1. The van der Waals surface area contributed by atoms with Crippen LogP contribution in [0, 0.1) is 30.1 Å². The van der Waals surface area contributed by atoms with E-state index in [4.69, 9.17) is 0 Å². The molecule has 27 heavy (non-hydrogen) atoms. The summed E-state index contributed by atoms with van der Waals surface area (Å²) in [7, 11) is -1.59. The lowest BCUT2D eigenvalue weighted by Gasteiger charge is -2.35. The maximum Gasteiger partial charge on any atom is 0.151 e. The van der Waals surface area contributed by atoms with Gasteiger partial charge in [-0.25, -0.2) is 0 Å². The number of fused-ring (bicyclic) bond motifs is 1. The van der Waals surface area contributed by atoms with E-state index < -0.39 is 8.24 Å². The van der Waals surface area contributed by atoms with Crippen molar-refractivity contribution in [1.29, 1.82) is 0 Å². The predicted octanol–water partition coefficient (Wildman–Crippen LogP) is 7.58. The molecule has 0 heterocycles. The van der Waals surface area contributed by atoms with Crippen LogP contribution in [0.15, 0.2) is 47.6 Å². The fourth-order valence-electron chi connectivity index (χ4n) is 4.99. The number of aryl methyl sites for hydroxylation is 1. The van der Waals surface area contributed by atoms with Crippen molar-refractivity contribution in [2.45, 2.75) is 73.0 Å². The molecule has 0 spiro atoms. The summed E-state index contributed by atoms with van der Waals surface area (Å²) < 4.78 is 0. The van der Waals surface area contributed by atoms with E-state index in [1.165, 1.54) is 36.6 Å². The van der Waals surface area contributed by atoms with Crippen LogP contribution in [0.25, 0.3) is 0 Å². The van der Waals surface area contributed by atoms with Gasteiger partial charge in [0.05, 0.1) is 0 Å². The van der Waals surface area contributed by atoms with Crippen molar-refractivity contribution in [1.82, 2.24) is 0 Å². The molecule has 1 nitrogen and oxygen atoms in total. The summed E-state index contributed by atoms with van der Waals surface area (Å²) in [6, 6.07) is 10.00. The number of para-hydroxylation sites is 1. The van der Waals surface area contributed by atoms with Crippen LogP contribution in [-0.4, -0.2) is 8.24 Å². The van der Waals surface area contributed by atoms with Crippen LogP contribution in [0.4, 0.5) is 5.69 Å². The third kappa shape index (κ3) is 4.77. The van der Waals surface area contributed by atoms with Crippen molar-refractivity contribution in [2.75, 3.05) is 4.98 Å². The summed E-state index contributed by atoms with van der Waals surface area (Å²) in [5.41, 5.74) is 6.23. The molecule has 0 bridgehead atoms. The smallest absolute Gasteiger partial charge is 0.151 e. The summed E-state index contributed by atoms with van der Waals surface area (Å²) in [6.45, 7) is 16.7. The zero-order chi connectivity index (χ0) is 19.8. The minimum Gasteiger partial charge on any atom is -0.410 e. The number of anilines is 1. The Hall–Kier alpha value is -1.28. The molecule has 1 aromatic carbocycles. The Morgan fingerprint density at radius 2 is 1.81 bits per heavy atom. The van der Waals surface area contributed by atoms with Gasteiger partial charge in [-0.05, 0) is 66.2 Å². The fraction of sp³-hybridized carbons (Fsp3) is 0.600. The van der Waals surface area contributed by atoms with Crippen molar-refractivity contribution in [3.63, 3.8) is 0 Å². The molecule has 0 aromatic heterocycles. The zero-order valence-electron chi connectivity index (χ0n) is 18.5. The highest BCUT2D eigenvalue weighted by Crippen LogP contribution is 2.49. The fourth-order valence-corrected chi connectivity index (χ4v) is 7.47. The van der Waals surface area contributed by atoms with Gasteiger partial charge in [0.1, 0.15) is 0 Å². The number of rotatable bonds is 5. The Morgan fingerprint density at radius 3 is 2.44 bits per heavy atom. The van der Waals surface area contributed by atoms with E-state index >= 15 is 0 Å². The molecule has 0 amide bonds. The summed E-state index contributed by atoms with van der Waals surface area (Å²) in [6.07, 6.45) is 9.35. The molecule has 2 aliphatic rings. The minimum atomic E-state index is -1.59. The van der Waals surface area contributed by atoms with Gasteiger partial charge in [-0.3, -0.25) is 0 Å². The highest BCUT2D eigenvalue weighted by Gasteiger charge is 2.39. The lowest BCUT2D eigenvalue weighted by Crippen LogP contribution is -2.38. The SMILES string of the molecule is CC[C@H]1CC2C=C(C(C)(C)C)C=C(C[Si](C)(C)Nc3ccccc3C)C2C1. The van der Waals surface area contributed by atoms with Gasteiger partial charge in [-0.2, -0.15) is 0 Å². The van der Waals surface area contributed by atoms with E-state index in [-0.39, 0.29) is 5.41 Å². The van der Waals surface area contributed by atoms with Crippen molar-refractivity contribution >= 4 is 13.9 Å². The highest BCUT2D eigenvalue weighted by atomic mass is 28.3. The Balaban J connectivity index is 1.85. The lowest BCUT2D eigenvalue weighted by molar-refractivity contribution is 0.466. The van der Waals surface area contributed by atoms with Gasteiger partial charge >= 0.3 is 0 Å². The van der Waals surface area contributed by atoms with E-state index in [1.807, 2.05) is 0 Å². The highest BCUT2D eigenvalue weighted by molar-refractivity contribution is 6.81. The molecule has 0 saturated heterocycles. The maximum absolute atomic E-state index is 3.97. The van der Waals surface area contributed by atoms with Crippen LogP contribution in [0.2, 0.25) is 19.1 Å². The summed E-state index contributed by atoms with van der Waals surface area (Å²) in [4.78, 5) is 3.97. The van der Waals surface area contributed by atoms with Crippen LogP contribution in [0.5, 0.6) is 0 Å². The number of hydrogen-bond donors (Lipinski definition) is 1. The third-order valence-electron chi connectivity index (χ3n) is 6.63. The Bertz CT molecular complexity index is 735. The molecule has 0 radical (unpaired) electrons. The van der Waals surface area contributed by atoms with Crippen molar-refractivity contribution in [3.8, 4) is 0 Å². The summed E-state index contributed by atoms with van der Waals surface area (Å²) in [5, 5.41) is 0. The molecular formula is C25H39NSi. The first-order valence-corrected chi connectivity index (χ1v) is 14.1. The first-order valence-electron chi connectivity index (χ1n) is 10.9.